The molecule has 1 unspecified atom stereocenters. The van der Waals surface area contributed by atoms with Crippen LogP contribution in [-0.2, 0) is 23.8 Å². The van der Waals surface area contributed by atoms with Crippen molar-refractivity contribution >= 4 is 17.6 Å². The molecule has 0 aliphatic carbocycles. The van der Waals surface area contributed by atoms with Gasteiger partial charge in [-0.2, -0.15) is 18.4 Å². The lowest BCUT2D eigenvalue weighted by Gasteiger charge is -2.20. The molecule has 194 valence electrons. The van der Waals surface area contributed by atoms with Crippen LogP contribution in [0.2, 0.25) is 0 Å². The molecule has 0 spiro atoms. The van der Waals surface area contributed by atoms with Gasteiger partial charge in [0.05, 0.1) is 36.0 Å². The molecular formula is C26H25F3N4O4. The molecule has 1 amide bonds. The molecule has 2 N–H and O–H groups in total. The van der Waals surface area contributed by atoms with Crippen molar-refractivity contribution in [3.63, 3.8) is 0 Å². The maximum Gasteiger partial charge on any atom is 0.418 e. The summed E-state index contributed by atoms with van der Waals surface area (Å²) in [6.45, 7) is 4.02. The van der Waals surface area contributed by atoms with Gasteiger partial charge in [0, 0.05) is 30.4 Å². The summed E-state index contributed by atoms with van der Waals surface area (Å²) in [7, 11) is 0. The number of alkyl halides is 3. The number of carboxylic acids is 1. The molecule has 1 atom stereocenters. The van der Waals surface area contributed by atoms with Crippen molar-refractivity contribution in [1.82, 2.24) is 9.55 Å². The molecule has 8 nitrogen and oxygen atoms in total. The highest BCUT2D eigenvalue weighted by Gasteiger charge is 2.34. The fourth-order valence-corrected chi connectivity index (χ4v) is 3.83. The van der Waals surface area contributed by atoms with E-state index in [-0.39, 0.29) is 23.9 Å². The maximum absolute atomic E-state index is 13.6. The number of carbonyl (C=O) groups is 2. The van der Waals surface area contributed by atoms with Crippen molar-refractivity contribution in [1.29, 1.82) is 5.26 Å². The molecule has 0 saturated heterocycles. The van der Waals surface area contributed by atoms with Crippen molar-refractivity contribution < 1.29 is 32.6 Å². The first kappa shape index (κ1) is 27.3. The predicted molar refractivity (Wildman–Crippen MR) is 128 cm³/mol. The van der Waals surface area contributed by atoms with Gasteiger partial charge in [0.2, 0.25) is 0 Å². The first-order valence-corrected chi connectivity index (χ1v) is 11.4. The van der Waals surface area contributed by atoms with Crippen molar-refractivity contribution in [2.75, 3.05) is 11.9 Å². The van der Waals surface area contributed by atoms with Crippen LogP contribution in [0.3, 0.4) is 0 Å². The monoisotopic (exact) mass is 514 g/mol. The number of hydrogen-bond acceptors (Lipinski definition) is 5. The van der Waals surface area contributed by atoms with E-state index >= 15 is 0 Å². The molecule has 2 heterocycles. The number of pyridine rings is 1. The molecule has 2 aromatic heterocycles. The van der Waals surface area contributed by atoms with Crippen LogP contribution in [-0.4, -0.2) is 33.1 Å². The second-order valence-electron chi connectivity index (χ2n) is 8.36. The summed E-state index contributed by atoms with van der Waals surface area (Å²) >= 11 is 0. The summed E-state index contributed by atoms with van der Waals surface area (Å²) in [5, 5.41) is 20.3. The number of aromatic nitrogens is 2. The number of nitrogens with zero attached hydrogens (tertiary/aromatic N) is 3. The van der Waals surface area contributed by atoms with E-state index in [9.17, 15) is 22.8 Å². The summed E-state index contributed by atoms with van der Waals surface area (Å²) in [6, 6.07) is 9.50. The molecule has 0 aliphatic rings. The third-order valence-electron chi connectivity index (χ3n) is 5.73. The summed E-state index contributed by atoms with van der Waals surface area (Å²) in [6.07, 6.45) is -1.31. The summed E-state index contributed by atoms with van der Waals surface area (Å²) in [5.41, 5.74) is -0.207. The molecule has 37 heavy (non-hydrogen) atoms. The lowest BCUT2D eigenvalue weighted by atomic mass is 10.1. The lowest BCUT2D eigenvalue weighted by molar-refractivity contribution is -0.137. The Bertz CT molecular complexity index is 1330. The highest BCUT2D eigenvalue weighted by molar-refractivity contribution is 6.04. The van der Waals surface area contributed by atoms with E-state index in [0.29, 0.717) is 24.2 Å². The van der Waals surface area contributed by atoms with E-state index < -0.39 is 35.7 Å². The van der Waals surface area contributed by atoms with Crippen molar-refractivity contribution in [2.45, 2.75) is 45.3 Å². The predicted octanol–water partition coefficient (Wildman–Crippen LogP) is 5.25. The van der Waals surface area contributed by atoms with Crippen molar-refractivity contribution in [3.05, 3.63) is 76.9 Å². The second-order valence-corrected chi connectivity index (χ2v) is 8.36. The third kappa shape index (κ3) is 6.88. The SMILES string of the molecule is CCC(C)n1c(CCOc2cncc(C#N)c2)ccc1C(=O)Nc1cc(CC(=O)O)ccc1C(F)(F)F. The van der Waals surface area contributed by atoms with E-state index in [1.165, 1.54) is 18.5 Å². The largest absolute Gasteiger partial charge is 0.492 e. The zero-order chi connectivity index (χ0) is 27.2. The van der Waals surface area contributed by atoms with Crippen LogP contribution in [0.5, 0.6) is 5.75 Å². The Kier molecular flexibility index (Phi) is 8.55. The van der Waals surface area contributed by atoms with Gasteiger partial charge in [-0.1, -0.05) is 13.0 Å². The number of benzene rings is 1. The zero-order valence-corrected chi connectivity index (χ0v) is 20.2. The van der Waals surface area contributed by atoms with Crippen LogP contribution >= 0.6 is 0 Å². The van der Waals surface area contributed by atoms with Crippen LogP contribution in [0.1, 0.15) is 59.2 Å². The molecular weight excluding hydrogens is 489 g/mol. The van der Waals surface area contributed by atoms with E-state index in [2.05, 4.69) is 10.3 Å². The molecule has 0 aliphatic heterocycles. The van der Waals surface area contributed by atoms with E-state index in [0.717, 1.165) is 23.9 Å². The Morgan fingerprint density at radius 1 is 1.22 bits per heavy atom. The highest BCUT2D eigenvalue weighted by Crippen LogP contribution is 2.36. The Hall–Kier alpha value is -4.33. The number of carbonyl (C=O) groups excluding carboxylic acids is 1. The molecule has 3 aromatic rings. The van der Waals surface area contributed by atoms with Gasteiger partial charge in [0.1, 0.15) is 17.5 Å². The Labute approximate surface area is 211 Å². The number of anilines is 1. The average Bonchev–Trinajstić information content (AvgIpc) is 3.26. The average molecular weight is 515 g/mol. The smallest absolute Gasteiger partial charge is 0.418 e. The molecule has 0 radical (unpaired) electrons. The molecule has 0 fully saturated rings. The number of carboxylic acid groups (broad SMARTS) is 1. The van der Waals surface area contributed by atoms with Gasteiger partial charge in [-0.25, -0.2) is 0 Å². The van der Waals surface area contributed by atoms with E-state index in [1.807, 2.05) is 19.9 Å². The number of rotatable bonds is 10. The summed E-state index contributed by atoms with van der Waals surface area (Å²) < 4.78 is 48.2. The van der Waals surface area contributed by atoms with Crippen LogP contribution in [0.4, 0.5) is 18.9 Å². The molecule has 1 aromatic carbocycles. The Balaban J connectivity index is 1.85. The van der Waals surface area contributed by atoms with Crippen LogP contribution < -0.4 is 10.1 Å². The molecule has 11 heteroatoms. The standard InChI is InChI=1S/C26H25F3N4O4/c1-3-16(2)33-19(8-9-37-20-10-18(13-30)14-31-15-20)5-7-23(33)25(36)32-22-11-17(12-24(34)35)4-6-21(22)26(27,28)29/h4-7,10-11,14-16H,3,8-9,12H2,1-2H3,(H,32,36)(H,34,35). The Morgan fingerprint density at radius 2 is 1.97 bits per heavy atom. The van der Waals surface area contributed by atoms with Crippen LogP contribution in [0.25, 0.3) is 0 Å². The second kappa shape index (κ2) is 11.6. The van der Waals surface area contributed by atoms with E-state index in [4.69, 9.17) is 15.1 Å². The zero-order valence-electron chi connectivity index (χ0n) is 20.2. The van der Waals surface area contributed by atoms with Gasteiger partial charge in [-0.15, -0.1) is 0 Å². The van der Waals surface area contributed by atoms with Crippen molar-refractivity contribution in [3.8, 4) is 11.8 Å². The van der Waals surface area contributed by atoms with Gasteiger partial charge >= 0.3 is 12.1 Å². The number of halogens is 3. The molecule has 0 saturated carbocycles. The quantitative estimate of drug-likeness (QED) is 0.382. The fourth-order valence-electron chi connectivity index (χ4n) is 3.83. The first-order valence-electron chi connectivity index (χ1n) is 11.4. The minimum atomic E-state index is -4.75. The van der Waals surface area contributed by atoms with Gasteiger partial charge in [0.25, 0.3) is 5.91 Å². The van der Waals surface area contributed by atoms with Gasteiger partial charge in [0.15, 0.2) is 0 Å². The third-order valence-corrected chi connectivity index (χ3v) is 5.73. The van der Waals surface area contributed by atoms with Gasteiger partial charge in [-0.05, 0) is 43.2 Å². The van der Waals surface area contributed by atoms with Crippen LogP contribution in [0, 0.1) is 11.3 Å². The van der Waals surface area contributed by atoms with E-state index in [1.54, 1.807) is 16.7 Å². The lowest BCUT2D eigenvalue weighted by Crippen LogP contribution is -2.22. The fraction of sp³-hybridized carbons (Fsp3) is 0.308. The van der Waals surface area contributed by atoms with Crippen molar-refractivity contribution in [2.24, 2.45) is 0 Å². The molecule has 0 bridgehead atoms. The van der Waals surface area contributed by atoms with Gasteiger partial charge < -0.3 is 19.7 Å². The summed E-state index contributed by atoms with van der Waals surface area (Å²) in [5.74, 6) is -1.54. The number of aliphatic carboxylic acids is 1. The highest BCUT2D eigenvalue weighted by atomic mass is 19.4. The number of ether oxygens (including phenoxy) is 1. The topological polar surface area (TPSA) is 117 Å². The van der Waals surface area contributed by atoms with Crippen LogP contribution in [0.15, 0.2) is 48.8 Å². The molecule has 3 rings (SSSR count). The number of hydrogen-bond donors (Lipinski definition) is 2. The Morgan fingerprint density at radius 3 is 2.62 bits per heavy atom. The first-order chi connectivity index (χ1) is 17.5. The minimum absolute atomic E-state index is 0.126. The number of nitrogens with one attached hydrogen (secondary N) is 1. The number of amides is 1. The summed E-state index contributed by atoms with van der Waals surface area (Å²) in [4.78, 5) is 28.1. The number of nitriles is 1. The maximum atomic E-state index is 13.6. The normalized spacial score (nSPS) is 12.0. The van der Waals surface area contributed by atoms with Gasteiger partial charge in [-0.3, -0.25) is 14.6 Å². The minimum Gasteiger partial charge on any atom is -0.492 e.